The molecule has 7 heteroatoms. The van der Waals surface area contributed by atoms with Crippen molar-refractivity contribution in [1.29, 1.82) is 0 Å². The maximum absolute atomic E-state index is 13.3. The van der Waals surface area contributed by atoms with Crippen LogP contribution in [0.25, 0.3) is 0 Å². The van der Waals surface area contributed by atoms with Crippen molar-refractivity contribution in [2.24, 2.45) is 0 Å². The fraction of sp³-hybridized carbons (Fsp3) is 0.300. The molecule has 0 bridgehead atoms. The molecule has 0 radical (unpaired) electrons. The monoisotopic (exact) mass is 365 g/mol. The first kappa shape index (κ1) is 18.6. The van der Waals surface area contributed by atoms with Gasteiger partial charge in [-0.05, 0) is 40.6 Å². The quantitative estimate of drug-likeness (QED) is 0.613. The van der Waals surface area contributed by atoms with Gasteiger partial charge >= 0.3 is 0 Å². The summed E-state index contributed by atoms with van der Waals surface area (Å²) in [5.41, 5.74) is 2.10. The number of hydrogen-bond acceptors (Lipinski definition) is 5. The Labute approximate surface area is 158 Å². The highest BCUT2D eigenvalue weighted by Gasteiger charge is 2.26. The first-order valence-corrected chi connectivity index (χ1v) is 8.89. The van der Waals surface area contributed by atoms with E-state index in [0.717, 1.165) is 16.9 Å². The van der Waals surface area contributed by atoms with Crippen molar-refractivity contribution in [2.45, 2.75) is 25.9 Å². The maximum atomic E-state index is 13.3. The van der Waals surface area contributed by atoms with Crippen molar-refractivity contribution < 1.29 is 9.53 Å². The van der Waals surface area contributed by atoms with Gasteiger partial charge in [-0.3, -0.25) is 4.79 Å². The second-order valence-electron chi connectivity index (χ2n) is 6.20. The number of rotatable bonds is 8. The molecule has 0 aliphatic carbocycles. The third-order valence-corrected chi connectivity index (χ3v) is 4.47. The van der Waals surface area contributed by atoms with Crippen LogP contribution in [0.3, 0.4) is 0 Å². The highest BCUT2D eigenvalue weighted by Crippen LogP contribution is 2.19. The molecule has 0 saturated heterocycles. The van der Waals surface area contributed by atoms with Gasteiger partial charge < -0.3 is 9.64 Å². The summed E-state index contributed by atoms with van der Waals surface area (Å²) in [6.45, 7) is 3.09. The number of amides is 1. The predicted molar refractivity (Wildman–Crippen MR) is 101 cm³/mol. The number of carbonyl (C=O) groups is 1. The summed E-state index contributed by atoms with van der Waals surface area (Å²) >= 11 is 0. The Morgan fingerprint density at radius 2 is 1.85 bits per heavy atom. The lowest BCUT2D eigenvalue weighted by atomic mass is 10.0. The molecule has 3 aromatic rings. The molecule has 7 nitrogen and oxygen atoms in total. The third kappa shape index (κ3) is 4.69. The second-order valence-corrected chi connectivity index (χ2v) is 6.20. The summed E-state index contributed by atoms with van der Waals surface area (Å²) in [4.78, 5) is 15.1. The Kier molecular flexibility index (Phi) is 6.14. The van der Waals surface area contributed by atoms with Crippen molar-refractivity contribution in [2.75, 3.05) is 13.7 Å². The number of aromatic nitrogens is 4. The van der Waals surface area contributed by atoms with Crippen LogP contribution >= 0.6 is 0 Å². The average molecular weight is 365 g/mol. The third-order valence-electron chi connectivity index (χ3n) is 4.47. The minimum atomic E-state index is -0.486. The zero-order valence-corrected chi connectivity index (χ0v) is 15.5. The fourth-order valence-corrected chi connectivity index (χ4v) is 2.95. The molecule has 1 heterocycles. The van der Waals surface area contributed by atoms with E-state index < -0.39 is 6.04 Å². The molecule has 0 fully saturated rings. The van der Waals surface area contributed by atoms with Crippen LogP contribution in [-0.4, -0.2) is 44.7 Å². The molecule has 3 rings (SSSR count). The lowest BCUT2D eigenvalue weighted by molar-refractivity contribution is -0.135. The minimum absolute atomic E-state index is 0.00975. The molecular weight excluding hydrogens is 342 g/mol. The van der Waals surface area contributed by atoms with Crippen LogP contribution in [0.4, 0.5) is 0 Å². The molecule has 0 aliphatic rings. The summed E-state index contributed by atoms with van der Waals surface area (Å²) in [6.07, 6.45) is 2.02. The normalized spacial score (nSPS) is 11.8. The number of likely N-dealkylation sites (N-methyl/N-ethyl adjacent to an activating group) is 1. The maximum Gasteiger partial charge on any atom is 0.248 e. The first-order chi connectivity index (χ1) is 13.2. The van der Waals surface area contributed by atoms with Crippen molar-refractivity contribution in [3.05, 3.63) is 72.1 Å². The van der Waals surface area contributed by atoms with Crippen molar-refractivity contribution >= 4 is 5.91 Å². The van der Waals surface area contributed by atoms with Crippen LogP contribution in [-0.2, 0) is 17.8 Å². The standard InChI is InChI=1S/C20H23N5O2/c1-3-24(14-17-9-11-18(27-2)12-10-17)20(26)19(25-15-21-22-23-25)13-16-7-5-4-6-8-16/h4-12,15,19H,3,13-14H2,1-2H3. The van der Waals surface area contributed by atoms with Gasteiger partial charge in [0, 0.05) is 19.5 Å². The van der Waals surface area contributed by atoms with Gasteiger partial charge in [-0.15, -0.1) is 5.10 Å². The molecule has 1 atom stereocenters. The van der Waals surface area contributed by atoms with E-state index in [4.69, 9.17) is 4.74 Å². The lowest BCUT2D eigenvalue weighted by Crippen LogP contribution is -2.38. The van der Waals surface area contributed by atoms with Gasteiger partial charge in [-0.2, -0.15) is 0 Å². The van der Waals surface area contributed by atoms with Gasteiger partial charge in [0.15, 0.2) is 0 Å². The van der Waals surface area contributed by atoms with Gasteiger partial charge in [-0.25, -0.2) is 4.68 Å². The number of ether oxygens (including phenoxy) is 1. The van der Waals surface area contributed by atoms with E-state index in [0.29, 0.717) is 19.5 Å². The van der Waals surface area contributed by atoms with Crippen molar-refractivity contribution in [3.8, 4) is 5.75 Å². The van der Waals surface area contributed by atoms with E-state index in [9.17, 15) is 4.79 Å². The Hall–Kier alpha value is -3.22. The Bertz CT molecular complexity index is 835. The van der Waals surface area contributed by atoms with Crippen LogP contribution < -0.4 is 4.74 Å². The van der Waals surface area contributed by atoms with E-state index in [-0.39, 0.29) is 5.91 Å². The molecule has 140 valence electrons. The zero-order chi connectivity index (χ0) is 19.1. The second kappa shape index (κ2) is 8.93. The van der Waals surface area contributed by atoms with Gasteiger partial charge in [0.1, 0.15) is 18.1 Å². The van der Waals surface area contributed by atoms with Crippen molar-refractivity contribution in [3.63, 3.8) is 0 Å². The van der Waals surface area contributed by atoms with Crippen LogP contribution in [0.15, 0.2) is 60.9 Å². The summed E-state index contributed by atoms with van der Waals surface area (Å²) in [5.74, 6) is 0.785. The van der Waals surface area contributed by atoms with Crippen LogP contribution in [0.5, 0.6) is 5.75 Å². The molecule has 1 amide bonds. The van der Waals surface area contributed by atoms with Crippen LogP contribution in [0.1, 0.15) is 24.1 Å². The molecule has 27 heavy (non-hydrogen) atoms. The van der Waals surface area contributed by atoms with E-state index in [1.807, 2.05) is 66.4 Å². The first-order valence-electron chi connectivity index (χ1n) is 8.89. The number of methoxy groups -OCH3 is 1. The predicted octanol–water partition coefficient (Wildman–Crippen LogP) is 2.51. The molecule has 0 aliphatic heterocycles. The van der Waals surface area contributed by atoms with E-state index in [1.54, 1.807) is 7.11 Å². The minimum Gasteiger partial charge on any atom is -0.497 e. The smallest absolute Gasteiger partial charge is 0.248 e. The molecule has 1 aromatic heterocycles. The zero-order valence-electron chi connectivity index (χ0n) is 15.5. The van der Waals surface area contributed by atoms with Gasteiger partial charge in [-0.1, -0.05) is 42.5 Å². The largest absolute Gasteiger partial charge is 0.497 e. The van der Waals surface area contributed by atoms with Gasteiger partial charge in [0.25, 0.3) is 0 Å². The molecule has 0 N–H and O–H groups in total. The number of nitrogens with zero attached hydrogens (tertiary/aromatic N) is 5. The van der Waals surface area contributed by atoms with Gasteiger partial charge in [0.05, 0.1) is 7.11 Å². The van der Waals surface area contributed by atoms with Gasteiger partial charge in [0.2, 0.25) is 5.91 Å². The topological polar surface area (TPSA) is 73.1 Å². The number of tetrazole rings is 1. The molecule has 0 spiro atoms. The highest BCUT2D eigenvalue weighted by atomic mass is 16.5. The fourth-order valence-electron chi connectivity index (χ4n) is 2.95. The van der Waals surface area contributed by atoms with Crippen molar-refractivity contribution in [1.82, 2.24) is 25.1 Å². The molecular formula is C20H23N5O2. The Balaban J connectivity index is 1.80. The van der Waals surface area contributed by atoms with Crippen LogP contribution in [0.2, 0.25) is 0 Å². The SMILES string of the molecule is CCN(Cc1ccc(OC)cc1)C(=O)C(Cc1ccccc1)n1cnnn1. The lowest BCUT2D eigenvalue weighted by Gasteiger charge is -2.26. The van der Waals surface area contributed by atoms with E-state index in [2.05, 4.69) is 15.5 Å². The molecule has 1 unspecified atom stereocenters. The number of hydrogen-bond donors (Lipinski definition) is 0. The molecule has 0 saturated carbocycles. The van der Waals surface area contributed by atoms with E-state index in [1.165, 1.54) is 11.0 Å². The number of carbonyl (C=O) groups excluding carboxylic acids is 1. The summed E-state index contributed by atoms with van der Waals surface area (Å²) in [7, 11) is 1.64. The average Bonchev–Trinajstić information content (AvgIpc) is 3.25. The summed E-state index contributed by atoms with van der Waals surface area (Å²) < 4.78 is 6.73. The highest BCUT2D eigenvalue weighted by molar-refractivity contribution is 5.80. The van der Waals surface area contributed by atoms with E-state index >= 15 is 0 Å². The summed E-state index contributed by atoms with van der Waals surface area (Å²) in [5, 5.41) is 11.4. The summed E-state index contributed by atoms with van der Waals surface area (Å²) in [6, 6.07) is 17.1. The Morgan fingerprint density at radius 1 is 1.11 bits per heavy atom. The molecule has 2 aromatic carbocycles. The van der Waals surface area contributed by atoms with Crippen LogP contribution in [0, 0.1) is 0 Å². The Morgan fingerprint density at radius 3 is 2.44 bits per heavy atom. The number of benzene rings is 2.